The van der Waals surface area contributed by atoms with Gasteiger partial charge in [-0.05, 0) is 51.1 Å². The van der Waals surface area contributed by atoms with Crippen LogP contribution < -0.4 is 10.6 Å². The molecule has 1 unspecified atom stereocenters. The van der Waals surface area contributed by atoms with Crippen molar-refractivity contribution in [2.75, 3.05) is 59.7 Å². The van der Waals surface area contributed by atoms with Gasteiger partial charge in [-0.1, -0.05) is 20.8 Å². The van der Waals surface area contributed by atoms with Gasteiger partial charge in [-0.3, -0.25) is 9.89 Å². The van der Waals surface area contributed by atoms with Gasteiger partial charge in [0.25, 0.3) is 0 Å². The number of hydrogen-bond donors (Lipinski definition) is 2. The lowest BCUT2D eigenvalue weighted by Crippen LogP contribution is -2.46. The van der Waals surface area contributed by atoms with E-state index in [2.05, 4.69) is 43.2 Å². The van der Waals surface area contributed by atoms with Crippen molar-refractivity contribution in [2.24, 2.45) is 16.8 Å². The van der Waals surface area contributed by atoms with E-state index in [0.717, 1.165) is 44.5 Å². The van der Waals surface area contributed by atoms with Crippen molar-refractivity contribution in [3.63, 3.8) is 0 Å². The van der Waals surface area contributed by atoms with Crippen molar-refractivity contribution in [3.05, 3.63) is 0 Å². The number of hydrogen-bond acceptors (Lipinski definition) is 4. The second kappa shape index (κ2) is 16.8. The second-order valence-electron chi connectivity index (χ2n) is 7.63. The van der Waals surface area contributed by atoms with Crippen LogP contribution in [-0.2, 0) is 9.47 Å². The van der Waals surface area contributed by atoms with Crippen molar-refractivity contribution < 1.29 is 9.47 Å². The van der Waals surface area contributed by atoms with E-state index in [9.17, 15) is 0 Å². The maximum absolute atomic E-state index is 5.50. The first-order chi connectivity index (χ1) is 12.6. The molecule has 6 nitrogen and oxygen atoms in total. The number of methoxy groups -OCH3 is 1. The fourth-order valence-electron chi connectivity index (χ4n) is 3.26. The highest BCUT2D eigenvalue weighted by atomic mass is 127. The average molecular weight is 498 g/mol. The number of rotatable bonds is 12. The van der Waals surface area contributed by atoms with E-state index in [-0.39, 0.29) is 24.0 Å². The fourth-order valence-corrected chi connectivity index (χ4v) is 3.26. The number of likely N-dealkylation sites (tertiary alicyclic amines) is 1. The highest BCUT2D eigenvalue weighted by Gasteiger charge is 2.25. The molecule has 0 spiro atoms. The summed E-state index contributed by atoms with van der Waals surface area (Å²) >= 11 is 0. The molecule has 0 amide bonds. The lowest BCUT2D eigenvalue weighted by Gasteiger charge is -2.38. The molecule has 1 heterocycles. The maximum Gasteiger partial charge on any atom is 0.191 e. The summed E-state index contributed by atoms with van der Waals surface area (Å²) in [5.41, 5.74) is 0. The predicted octanol–water partition coefficient (Wildman–Crippen LogP) is 2.97. The number of aliphatic imine (C=N–C) groups is 1. The van der Waals surface area contributed by atoms with Crippen LogP contribution in [0.1, 0.15) is 47.0 Å². The zero-order chi connectivity index (χ0) is 19.2. The molecule has 0 aromatic carbocycles. The second-order valence-corrected chi connectivity index (χ2v) is 7.63. The molecule has 0 aromatic rings. The molecule has 1 saturated heterocycles. The highest BCUT2D eigenvalue weighted by molar-refractivity contribution is 14.0. The monoisotopic (exact) mass is 498 g/mol. The van der Waals surface area contributed by atoms with Gasteiger partial charge in [0.15, 0.2) is 5.96 Å². The van der Waals surface area contributed by atoms with Crippen LogP contribution in [-0.4, -0.2) is 76.6 Å². The van der Waals surface area contributed by atoms with E-state index in [1.165, 1.54) is 25.9 Å². The first-order valence-corrected chi connectivity index (χ1v) is 10.4. The Morgan fingerprint density at radius 3 is 2.44 bits per heavy atom. The Morgan fingerprint density at radius 1 is 1.15 bits per heavy atom. The maximum atomic E-state index is 5.50. The molecule has 2 N–H and O–H groups in total. The summed E-state index contributed by atoms with van der Waals surface area (Å²) in [6.45, 7) is 16.2. The summed E-state index contributed by atoms with van der Waals surface area (Å²) in [4.78, 5) is 7.51. The molecule has 1 rings (SSSR count). The Morgan fingerprint density at radius 2 is 1.85 bits per heavy atom. The molecule has 1 aliphatic rings. The lowest BCUT2D eigenvalue weighted by molar-refractivity contribution is 0.0698. The number of ether oxygens (including phenoxy) is 2. The SMILES string of the molecule is CCNC(=NCC(C(C)C)N1CCC(C)CC1)NCCCOCCOC.I. The minimum Gasteiger partial charge on any atom is -0.382 e. The molecule has 0 aliphatic carbocycles. The van der Waals surface area contributed by atoms with Crippen LogP contribution >= 0.6 is 24.0 Å². The highest BCUT2D eigenvalue weighted by Crippen LogP contribution is 2.21. The first-order valence-electron chi connectivity index (χ1n) is 10.4. The predicted molar refractivity (Wildman–Crippen MR) is 125 cm³/mol. The van der Waals surface area contributed by atoms with Crippen molar-refractivity contribution >= 4 is 29.9 Å². The van der Waals surface area contributed by atoms with Crippen molar-refractivity contribution in [1.29, 1.82) is 0 Å². The summed E-state index contributed by atoms with van der Waals surface area (Å²) in [5.74, 6) is 2.40. The van der Waals surface area contributed by atoms with Gasteiger partial charge in [0.05, 0.1) is 19.8 Å². The minimum absolute atomic E-state index is 0. The van der Waals surface area contributed by atoms with E-state index in [1.54, 1.807) is 7.11 Å². The largest absolute Gasteiger partial charge is 0.382 e. The van der Waals surface area contributed by atoms with Gasteiger partial charge < -0.3 is 20.1 Å². The van der Waals surface area contributed by atoms with Gasteiger partial charge in [0.1, 0.15) is 0 Å². The Hall–Kier alpha value is -0.120. The van der Waals surface area contributed by atoms with Gasteiger partial charge in [-0.25, -0.2) is 0 Å². The van der Waals surface area contributed by atoms with E-state index < -0.39 is 0 Å². The molecule has 0 bridgehead atoms. The van der Waals surface area contributed by atoms with Crippen molar-refractivity contribution in [2.45, 2.75) is 53.0 Å². The minimum atomic E-state index is 0. The third-order valence-corrected chi connectivity index (χ3v) is 5.03. The van der Waals surface area contributed by atoms with Gasteiger partial charge in [-0.2, -0.15) is 0 Å². The van der Waals surface area contributed by atoms with Crippen LogP contribution in [0.4, 0.5) is 0 Å². The van der Waals surface area contributed by atoms with Crippen LogP contribution in [0.5, 0.6) is 0 Å². The first kappa shape index (κ1) is 26.9. The molecule has 27 heavy (non-hydrogen) atoms. The van der Waals surface area contributed by atoms with E-state index in [4.69, 9.17) is 14.5 Å². The molecule has 162 valence electrons. The number of piperidine rings is 1. The Bertz CT molecular complexity index is 375. The third kappa shape index (κ3) is 12.1. The van der Waals surface area contributed by atoms with Crippen LogP contribution in [0.25, 0.3) is 0 Å². The molecule has 1 aliphatic heterocycles. The molecule has 0 saturated carbocycles. The molecular formula is C20H43IN4O2. The van der Waals surface area contributed by atoms with Gasteiger partial charge in [-0.15, -0.1) is 24.0 Å². The number of nitrogens with one attached hydrogen (secondary N) is 2. The summed E-state index contributed by atoms with van der Waals surface area (Å²) in [6.07, 6.45) is 3.59. The Kier molecular flexibility index (Phi) is 16.7. The zero-order valence-electron chi connectivity index (χ0n) is 18.1. The fraction of sp³-hybridized carbons (Fsp3) is 0.950. The number of halogens is 1. The van der Waals surface area contributed by atoms with Crippen LogP contribution in [0.2, 0.25) is 0 Å². The zero-order valence-corrected chi connectivity index (χ0v) is 20.5. The standard InChI is InChI=1S/C20H42N4O2.HI/c1-6-21-20(22-10-7-13-26-15-14-25-5)23-16-19(17(2)3)24-11-8-18(4)9-12-24;/h17-19H,6-16H2,1-5H3,(H2,21,22,23);1H. The number of guanidine groups is 1. The van der Waals surface area contributed by atoms with Crippen LogP contribution in [0, 0.1) is 11.8 Å². The third-order valence-electron chi connectivity index (χ3n) is 5.03. The van der Waals surface area contributed by atoms with E-state index >= 15 is 0 Å². The molecule has 1 atom stereocenters. The topological polar surface area (TPSA) is 58.1 Å². The summed E-state index contributed by atoms with van der Waals surface area (Å²) in [6, 6.07) is 0.523. The smallest absolute Gasteiger partial charge is 0.191 e. The van der Waals surface area contributed by atoms with E-state index in [1.807, 2.05) is 0 Å². The lowest BCUT2D eigenvalue weighted by atomic mass is 9.94. The number of nitrogens with zero attached hydrogens (tertiary/aromatic N) is 2. The Labute approximate surface area is 184 Å². The van der Waals surface area contributed by atoms with E-state index in [0.29, 0.717) is 25.2 Å². The van der Waals surface area contributed by atoms with Gasteiger partial charge in [0.2, 0.25) is 0 Å². The van der Waals surface area contributed by atoms with Crippen molar-refractivity contribution in [1.82, 2.24) is 15.5 Å². The van der Waals surface area contributed by atoms with Crippen LogP contribution in [0.3, 0.4) is 0 Å². The Balaban J connectivity index is 0.00000676. The van der Waals surface area contributed by atoms with Gasteiger partial charge >= 0.3 is 0 Å². The quantitative estimate of drug-likeness (QED) is 0.188. The molecule has 0 radical (unpaired) electrons. The summed E-state index contributed by atoms with van der Waals surface area (Å²) in [5, 5.41) is 6.78. The molecule has 0 aromatic heterocycles. The van der Waals surface area contributed by atoms with Crippen LogP contribution in [0.15, 0.2) is 4.99 Å². The normalized spacial score (nSPS) is 17.6. The van der Waals surface area contributed by atoms with Gasteiger partial charge in [0, 0.05) is 32.8 Å². The molecule has 7 heteroatoms. The van der Waals surface area contributed by atoms with Crippen molar-refractivity contribution in [3.8, 4) is 0 Å². The average Bonchev–Trinajstić information content (AvgIpc) is 2.62. The molecule has 1 fully saturated rings. The summed E-state index contributed by atoms with van der Waals surface area (Å²) < 4.78 is 10.5. The summed E-state index contributed by atoms with van der Waals surface area (Å²) in [7, 11) is 1.69. The molecular weight excluding hydrogens is 455 g/mol.